The summed E-state index contributed by atoms with van der Waals surface area (Å²) in [6, 6.07) is 7.65. The van der Waals surface area contributed by atoms with Crippen LogP contribution in [0.5, 0.6) is 0 Å². The minimum atomic E-state index is -0.406. The van der Waals surface area contributed by atoms with Crippen LogP contribution in [0.2, 0.25) is 5.02 Å². The van der Waals surface area contributed by atoms with Crippen LogP contribution in [0, 0.1) is 11.8 Å². The number of halogens is 1. The van der Waals surface area contributed by atoms with Gasteiger partial charge in [-0.3, -0.25) is 10.1 Å². The monoisotopic (exact) mass is 363 g/mol. The van der Waals surface area contributed by atoms with Crippen LogP contribution in [0.4, 0.5) is 17.3 Å². The first-order valence-corrected chi connectivity index (χ1v) is 8.44. The van der Waals surface area contributed by atoms with E-state index in [1.54, 1.807) is 19.2 Å². The summed E-state index contributed by atoms with van der Waals surface area (Å²) in [7, 11) is 0. The Morgan fingerprint density at radius 3 is 3.00 bits per heavy atom. The maximum atomic E-state index is 11.7. The zero-order valence-corrected chi connectivity index (χ0v) is 14.7. The van der Waals surface area contributed by atoms with Gasteiger partial charge in [0.1, 0.15) is 18.0 Å². The molecule has 1 aromatic carbocycles. The first-order valence-electron chi connectivity index (χ1n) is 8.06. The van der Waals surface area contributed by atoms with Crippen LogP contribution in [0.15, 0.2) is 36.8 Å². The highest BCUT2D eigenvalue weighted by molar-refractivity contribution is 6.31. The lowest BCUT2D eigenvalue weighted by atomic mass is 10.2. The Bertz CT molecular complexity index is 1090. The van der Waals surface area contributed by atoms with E-state index in [1.165, 1.54) is 11.9 Å². The van der Waals surface area contributed by atoms with Gasteiger partial charge in [-0.2, -0.15) is 0 Å². The Morgan fingerprint density at radius 2 is 2.15 bits per heavy atom. The highest BCUT2D eigenvalue weighted by atomic mass is 35.5. The zero-order valence-electron chi connectivity index (χ0n) is 14.0. The van der Waals surface area contributed by atoms with Crippen molar-refractivity contribution >= 4 is 45.7 Å². The Balaban J connectivity index is 1.80. The van der Waals surface area contributed by atoms with Crippen molar-refractivity contribution in [2.24, 2.45) is 0 Å². The van der Waals surface area contributed by atoms with E-state index in [1.807, 2.05) is 18.2 Å². The van der Waals surface area contributed by atoms with Gasteiger partial charge in [-0.05, 0) is 43.0 Å². The molecule has 1 aliphatic rings. The van der Waals surface area contributed by atoms with Crippen LogP contribution in [-0.2, 0) is 11.2 Å². The number of carbonyl (C=O) groups excluding carboxylic acids is 1. The lowest BCUT2D eigenvalue weighted by Crippen LogP contribution is -2.16. The number of hydrogen-bond donors (Lipinski definition) is 1. The highest BCUT2D eigenvalue weighted by Gasteiger charge is 2.23. The maximum Gasteiger partial charge on any atom is 0.301 e. The van der Waals surface area contributed by atoms with Crippen LogP contribution in [0.3, 0.4) is 0 Å². The number of hydrogen-bond acceptors (Lipinski definition) is 5. The van der Waals surface area contributed by atoms with Gasteiger partial charge in [0.2, 0.25) is 0 Å². The van der Waals surface area contributed by atoms with Crippen molar-refractivity contribution in [2.75, 3.05) is 16.8 Å². The molecule has 1 aliphatic heterocycles. The molecule has 0 spiro atoms. The molecular formula is C19H14ClN5O. The second kappa shape index (κ2) is 6.62. The number of pyridine rings is 1. The van der Waals surface area contributed by atoms with Gasteiger partial charge in [0, 0.05) is 22.6 Å². The molecule has 0 bridgehead atoms. The molecular weight excluding hydrogens is 350 g/mol. The SMILES string of the molecule is CC#CC(=O)Nc1cc2c(N3CCc4ccc(Cl)cc43)ncnc2cn1. The van der Waals surface area contributed by atoms with Crippen LogP contribution >= 0.6 is 11.6 Å². The van der Waals surface area contributed by atoms with E-state index in [-0.39, 0.29) is 0 Å². The number of fused-ring (bicyclic) bond motifs is 2. The van der Waals surface area contributed by atoms with Crippen LogP contribution in [0.25, 0.3) is 10.9 Å². The van der Waals surface area contributed by atoms with Crippen LogP contribution < -0.4 is 10.2 Å². The third-order valence-electron chi connectivity index (χ3n) is 4.18. The highest BCUT2D eigenvalue weighted by Crippen LogP contribution is 2.38. The van der Waals surface area contributed by atoms with Gasteiger partial charge in [0.15, 0.2) is 0 Å². The molecule has 4 rings (SSSR count). The Morgan fingerprint density at radius 1 is 1.27 bits per heavy atom. The maximum absolute atomic E-state index is 11.7. The van der Waals surface area contributed by atoms with E-state index in [4.69, 9.17) is 11.6 Å². The Labute approximate surface area is 155 Å². The topological polar surface area (TPSA) is 71.0 Å². The fourth-order valence-electron chi connectivity index (χ4n) is 3.06. The molecule has 3 aromatic rings. The van der Waals surface area contributed by atoms with Crippen molar-refractivity contribution in [3.05, 3.63) is 47.4 Å². The Hall–Kier alpha value is -3.17. The molecule has 0 saturated carbocycles. The van der Waals surface area contributed by atoms with Crippen molar-refractivity contribution in [3.8, 4) is 11.8 Å². The predicted molar refractivity (Wildman–Crippen MR) is 102 cm³/mol. The second-order valence-corrected chi connectivity index (χ2v) is 6.22. The van der Waals surface area contributed by atoms with Crippen LogP contribution in [0.1, 0.15) is 12.5 Å². The fraction of sp³-hybridized carbons (Fsp3) is 0.158. The van der Waals surface area contributed by atoms with Gasteiger partial charge in [-0.15, -0.1) is 0 Å². The fourth-order valence-corrected chi connectivity index (χ4v) is 3.23. The molecule has 26 heavy (non-hydrogen) atoms. The molecule has 3 heterocycles. The lowest BCUT2D eigenvalue weighted by molar-refractivity contribution is -0.111. The zero-order chi connectivity index (χ0) is 18.1. The molecule has 128 valence electrons. The van der Waals surface area contributed by atoms with Gasteiger partial charge in [0.25, 0.3) is 0 Å². The third-order valence-corrected chi connectivity index (χ3v) is 4.41. The van der Waals surface area contributed by atoms with Crippen molar-refractivity contribution in [1.82, 2.24) is 15.0 Å². The number of nitrogens with one attached hydrogen (secondary N) is 1. The summed E-state index contributed by atoms with van der Waals surface area (Å²) in [6.45, 7) is 2.41. The molecule has 7 heteroatoms. The van der Waals surface area contributed by atoms with E-state index in [9.17, 15) is 4.79 Å². The molecule has 0 saturated heterocycles. The van der Waals surface area contributed by atoms with E-state index >= 15 is 0 Å². The van der Waals surface area contributed by atoms with Gasteiger partial charge in [-0.25, -0.2) is 15.0 Å². The van der Waals surface area contributed by atoms with E-state index < -0.39 is 5.91 Å². The van der Waals surface area contributed by atoms with Crippen molar-refractivity contribution in [2.45, 2.75) is 13.3 Å². The van der Waals surface area contributed by atoms with Crippen molar-refractivity contribution < 1.29 is 4.79 Å². The minimum absolute atomic E-state index is 0.406. The molecule has 1 amide bonds. The van der Waals surface area contributed by atoms with Gasteiger partial charge >= 0.3 is 5.91 Å². The molecule has 0 aliphatic carbocycles. The lowest BCUT2D eigenvalue weighted by Gasteiger charge is -2.20. The normalized spacial score (nSPS) is 12.5. The van der Waals surface area contributed by atoms with Gasteiger partial charge < -0.3 is 4.90 Å². The molecule has 6 nitrogen and oxygen atoms in total. The van der Waals surface area contributed by atoms with E-state index in [2.05, 4.69) is 37.0 Å². The van der Waals surface area contributed by atoms with E-state index in [0.29, 0.717) is 16.4 Å². The summed E-state index contributed by atoms with van der Waals surface area (Å²) in [5.41, 5.74) is 2.96. The molecule has 0 fully saturated rings. The summed E-state index contributed by atoms with van der Waals surface area (Å²) < 4.78 is 0. The summed E-state index contributed by atoms with van der Waals surface area (Å²) in [6.07, 6.45) is 4.05. The number of carbonyl (C=O) groups is 1. The molecule has 0 atom stereocenters. The largest absolute Gasteiger partial charge is 0.325 e. The van der Waals surface area contributed by atoms with Gasteiger partial charge in [0.05, 0.1) is 11.7 Å². The first-order chi connectivity index (χ1) is 12.7. The van der Waals surface area contributed by atoms with Gasteiger partial charge in [-0.1, -0.05) is 23.6 Å². The summed E-state index contributed by atoms with van der Waals surface area (Å²) in [5.74, 6) is 5.76. The predicted octanol–water partition coefficient (Wildman–Crippen LogP) is 3.33. The number of nitrogens with zero attached hydrogens (tertiary/aromatic N) is 4. The number of aromatic nitrogens is 3. The van der Waals surface area contributed by atoms with Crippen LogP contribution in [-0.4, -0.2) is 27.4 Å². The van der Waals surface area contributed by atoms with Crippen molar-refractivity contribution in [1.29, 1.82) is 0 Å². The molecule has 2 aromatic heterocycles. The molecule has 1 N–H and O–H groups in total. The number of benzene rings is 1. The minimum Gasteiger partial charge on any atom is -0.325 e. The third kappa shape index (κ3) is 2.93. The first kappa shape index (κ1) is 16.3. The molecule has 0 unspecified atom stereocenters. The second-order valence-electron chi connectivity index (χ2n) is 5.79. The summed E-state index contributed by atoms with van der Waals surface area (Å²) in [4.78, 5) is 26.8. The average Bonchev–Trinajstić information content (AvgIpc) is 3.04. The van der Waals surface area contributed by atoms with E-state index in [0.717, 1.165) is 29.9 Å². The number of rotatable bonds is 2. The smallest absolute Gasteiger partial charge is 0.301 e. The van der Waals surface area contributed by atoms with Crippen molar-refractivity contribution in [3.63, 3.8) is 0 Å². The summed E-state index contributed by atoms with van der Waals surface area (Å²) >= 11 is 6.18. The number of anilines is 3. The molecule has 0 radical (unpaired) electrons. The standard InChI is InChI=1S/C19H14ClN5O/c1-2-3-18(26)24-17-9-14-15(10-21-17)22-11-23-19(14)25-7-6-12-4-5-13(20)8-16(12)25/h4-5,8-11H,6-7H2,1H3,(H,21,24,26). The average molecular weight is 364 g/mol. The quantitative estimate of drug-likeness (QED) is 0.707. The number of amides is 1. The Kier molecular flexibility index (Phi) is 4.15. The summed E-state index contributed by atoms with van der Waals surface area (Å²) in [5, 5.41) is 4.15.